The summed E-state index contributed by atoms with van der Waals surface area (Å²) in [5.41, 5.74) is 2.08. The summed E-state index contributed by atoms with van der Waals surface area (Å²) in [6.45, 7) is 1.71. The third-order valence-corrected chi connectivity index (χ3v) is 4.05. The molecule has 1 aromatic heterocycles. The van der Waals surface area contributed by atoms with Gasteiger partial charge in [0.1, 0.15) is 5.75 Å². The third-order valence-electron chi connectivity index (χ3n) is 3.56. The zero-order chi connectivity index (χ0) is 18.5. The van der Waals surface area contributed by atoms with Crippen LogP contribution in [0.3, 0.4) is 0 Å². The van der Waals surface area contributed by atoms with E-state index >= 15 is 0 Å². The first-order valence-corrected chi connectivity index (χ1v) is 8.58. The van der Waals surface area contributed by atoms with E-state index in [1.54, 1.807) is 26.2 Å². The van der Waals surface area contributed by atoms with Crippen LogP contribution in [0.1, 0.15) is 11.5 Å². The van der Waals surface area contributed by atoms with Gasteiger partial charge in [-0.05, 0) is 36.4 Å². The Morgan fingerprint density at radius 2 is 2.08 bits per heavy atom. The maximum Gasteiger partial charge on any atom is 0.248 e. The van der Waals surface area contributed by atoms with E-state index in [4.69, 9.17) is 9.26 Å². The van der Waals surface area contributed by atoms with Gasteiger partial charge in [0.25, 0.3) is 0 Å². The fraction of sp³-hybridized carbons (Fsp3) is 0.105. The van der Waals surface area contributed by atoms with Crippen molar-refractivity contribution < 1.29 is 14.1 Å². The van der Waals surface area contributed by atoms with Crippen LogP contribution in [-0.4, -0.2) is 23.2 Å². The highest BCUT2D eigenvalue weighted by Crippen LogP contribution is 2.26. The Balaban J connectivity index is 1.80. The number of nitrogens with zero attached hydrogens (tertiary/aromatic N) is 2. The van der Waals surface area contributed by atoms with E-state index in [1.165, 1.54) is 6.08 Å². The number of para-hydroxylation sites is 1. The lowest BCUT2D eigenvalue weighted by atomic mass is 10.1. The first kappa shape index (κ1) is 17.9. The van der Waals surface area contributed by atoms with Crippen LogP contribution in [0.15, 0.2) is 57.5 Å². The van der Waals surface area contributed by atoms with Crippen molar-refractivity contribution in [3.05, 3.63) is 64.5 Å². The number of aryl methyl sites for hydroxylation is 1. The molecule has 3 aromatic rings. The van der Waals surface area contributed by atoms with Crippen molar-refractivity contribution in [2.75, 3.05) is 12.4 Å². The van der Waals surface area contributed by atoms with Gasteiger partial charge in [-0.1, -0.05) is 33.2 Å². The first-order chi connectivity index (χ1) is 12.6. The number of hydrogen-bond acceptors (Lipinski definition) is 5. The molecule has 0 atom stereocenters. The zero-order valence-electron chi connectivity index (χ0n) is 14.2. The summed E-state index contributed by atoms with van der Waals surface area (Å²) < 4.78 is 11.2. The number of halogens is 1. The Labute approximate surface area is 159 Å². The number of aromatic nitrogens is 2. The molecule has 0 aliphatic rings. The maximum absolute atomic E-state index is 12.3. The molecule has 0 radical (unpaired) electrons. The van der Waals surface area contributed by atoms with Crippen LogP contribution in [-0.2, 0) is 4.79 Å². The molecule has 0 bridgehead atoms. The number of ether oxygens (including phenoxy) is 1. The average Bonchev–Trinajstić information content (AvgIpc) is 3.07. The molecule has 1 heterocycles. The molecule has 6 nitrogen and oxygen atoms in total. The van der Waals surface area contributed by atoms with Crippen molar-refractivity contribution in [1.82, 2.24) is 10.1 Å². The lowest BCUT2D eigenvalue weighted by Crippen LogP contribution is -2.09. The van der Waals surface area contributed by atoms with Gasteiger partial charge in [-0.3, -0.25) is 4.79 Å². The molecular weight excluding hydrogens is 398 g/mol. The summed E-state index contributed by atoms with van der Waals surface area (Å²) >= 11 is 3.41. The van der Waals surface area contributed by atoms with Crippen molar-refractivity contribution >= 4 is 33.6 Å². The van der Waals surface area contributed by atoms with E-state index in [0.717, 1.165) is 10.0 Å². The number of methoxy groups -OCH3 is 1. The van der Waals surface area contributed by atoms with Crippen molar-refractivity contribution in [2.24, 2.45) is 0 Å². The van der Waals surface area contributed by atoms with Crippen LogP contribution >= 0.6 is 15.9 Å². The normalized spacial score (nSPS) is 10.9. The highest BCUT2D eigenvalue weighted by Gasteiger charge is 2.12. The van der Waals surface area contributed by atoms with Gasteiger partial charge in [0.05, 0.1) is 12.8 Å². The van der Waals surface area contributed by atoms with E-state index in [0.29, 0.717) is 28.7 Å². The van der Waals surface area contributed by atoms with Gasteiger partial charge in [-0.15, -0.1) is 0 Å². The number of hydrogen-bond donors (Lipinski definition) is 1. The van der Waals surface area contributed by atoms with Crippen molar-refractivity contribution in [2.45, 2.75) is 6.92 Å². The van der Waals surface area contributed by atoms with E-state index in [-0.39, 0.29) is 5.91 Å². The first-order valence-electron chi connectivity index (χ1n) is 7.79. The summed E-state index contributed by atoms with van der Waals surface area (Å²) in [7, 11) is 1.59. The molecule has 0 saturated heterocycles. The minimum Gasteiger partial charge on any atom is -0.496 e. The summed E-state index contributed by atoms with van der Waals surface area (Å²) in [6.07, 6.45) is 3.14. The maximum atomic E-state index is 12.3. The summed E-state index contributed by atoms with van der Waals surface area (Å²) in [6, 6.07) is 12.9. The quantitative estimate of drug-likeness (QED) is 0.624. The second-order valence-electron chi connectivity index (χ2n) is 5.39. The Morgan fingerprint density at radius 1 is 1.27 bits per heavy atom. The number of nitrogens with one attached hydrogen (secondary N) is 1. The largest absolute Gasteiger partial charge is 0.496 e. The van der Waals surface area contributed by atoms with Crippen LogP contribution in [0.4, 0.5) is 5.69 Å². The Morgan fingerprint density at radius 3 is 2.81 bits per heavy atom. The van der Waals surface area contributed by atoms with Crippen LogP contribution in [0.5, 0.6) is 5.75 Å². The molecule has 0 aliphatic heterocycles. The third kappa shape index (κ3) is 4.18. The van der Waals surface area contributed by atoms with E-state index in [9.17, 15) is 4.79 Å². The van der Waals surface area contributed by atoms with Crippen molar-refractivity contribution in [3.63, 3.8) is 0 Å². The van der Waals surface area contributed by atoms with Gasteiger partial charge in [0.2, 0.25) is 17.6 Å². The van der Waals surface area contributed by atoms with Crippen LogP contribution < -0.4 is 10.1 Å². The van der Waals surface area contributed by atoms with Crippen LogP contribution in [0.2, 0.25) is 0 Å². The van der Waals surface area contributed by atoms with Crippen molar-refractivity contribution in [1.29, 1.82) is 0 Å². The molecule has 26 heavy (non-hydrogen) atoms. The van der Waals surface area contributed by atoms with Gasteiger partial charge in [0.15, 0.2) is 0 Å². The second-order valence-corrected chi connectivity index (χ2v) is 6.31. The van der Waals surface area contributed by atoms with Gasteiger partial charge in [-0.2, -0.15) is 4.98 Å². The second kappa shape index (κ2) is 7.97. The van der Waals surface area contributed by atoms with Gasteiger partial charge < -0.3 is 14.6 Å². The predicted molar refractivity (Wildman–Crippen MR) is 103 cm³/mol. The summed E-state index contributed by atoms with van der Waals surface area (Å²) in [4.78, 5) is 16.6. The SMILES string of the molecule is COc1ccc(Br)cc1/C=C/C(=O)Nc1ccccc1-c1noc(C)n1. The van der Waals surface area contributed by atoms with Gasteiger partial charge in [0, 0.05) is 28.6 Å². The molecule has 0 saturated carbocycles. The molecule has 132 valence electrons. The number of carbonyl (C=O) groups excluding carboxylic acids is 1. The van der Waals surface area contributed by atoms with Gasteiger partial charge in [-0.25, -0.2) is 0 Å². The fourth-order valence-corrected chi connectivity index (χ4v) is 2.75. The number of rotatable bonds is 5. The molecule has 7 heteroatoms. The summed E-state index contributed by atoms with van der Waals surface area (Å²) in [5, 5.41) is 6.74. The number of anilines is 1. The minimum atomic E-state index is -0.278. The van der Waals surface area contributed by atoms with E-state index in [2.05, 4.69) is 31.4 Å². The molecular formula is C19H16BrN3O3. The summed E-state index contributed by atoms with van der Waals surface area (Å²) in [5.74, 6) is 1.29. The fourth-order valence-electron chi connectivity index (χ4n) is 2.37. The average molecular weight is 414 g/mol. The van der Waals surface area contributed by atoms with Gasteiger partial charge >= 0.3 is 0 Å². The number of amides is 1. The molecule has 2 aromatic carbocycles. The molecule has 1 amide bonds. The molecule has 0 spiro atoms. The Kier molecular flexibility index (Phi) is 5.48. The van der Waals surface area contributed by atoms with E-state index < -0.39 is 0 Å². The van der Waals surface area contributed by atoms with Crippen molar-refractivity contribution in [3.8, 4) is 17.1 Å². The Hall–Kier alpha value is -2.93. The monoisotopic (exact) mass is 413 g/mol. The highest BCUT2D eigenvalue weighted by molar-refractivity contribution is 9.10. The number of benzene rings is 2. The molecule has 3 rings (SSSR count). The standard InChI is InChI=1S/C19H16BrN3O3/c1-12-21-19(23-26-12)15-5-3-4-6-16(15)22-18(24)10-7-13-11-14(20)8-9-17(13)25-2/h3-11H,1-2H3,(H,22,24)/b10-7+. The molecule has 0 fully saturated rings. The number of carbonyl (C=O) groups is 1. The van der Waals surface area contributed by atoms with E-state index in [1.807, 2.05) is 36.4 Å². The Bertz CT molecular complexity index is 966. The van der Waals surface area contributed by atoms with Crippen LogP contribution in [0, 0.1) is 6.92 Å². The lowest BCUT2D eigenvalue weighted by molar-refractivity contribution is -0.111. The zero-order valence-corrected chi connectivity index (χ0v) is 15.8. The highest BCUT2D eigenvalue weighted by atomic mass is 79.9. The molecule has 1 N–H and O–H groups in total. The minimum absolute atomic E-state index is 0.278. The topological polar surface area (TPSA) is 77.2 Å². The molecule has 0 unspecified atom stereocenters. The smallest absolute Gasteiger partial charge is 0.248 e. The predicted octanol–water partition coefficient (Wildman–Crippen LogP) is 4.47. The molecule has 0 aliphatic carbocycles. The lowest BCUT2D eigenvalue weighted by Gasteiger charge is -2.07. The van der Waals surface area contributed by atoms with Crippen LogP contribution in [0.25, 0.3) is 17.5 Å².